The van der Waals surface area contributed by atoms with Crippen molar-refractivity contribution in [2.45, 2.75) is 37.7 Å². The van der Waals surface area contributed by atoms with Gasteiger partial charge in [0.25, 0.3) is 0 Å². The Balaban J connectivity index is 2.23. The second-order valence-electron chi connectivity index (χ2n) is 4.79. The summed E-state index contributed by atoms with van der Waals surface area (Å²) in [6.45, 7) is -4.94. The van der Waals surface area contributed by atoms with E-state index in [4.69, 9.17) is 0 Å². The third-order valence-corrected chi connectivity index (χ3v) is 3.51. The van der Waals surface area contributed by atoms with Crippen LogP contribution in [0, 0.1) is 0 Å². The Morgan fingerprint density at radius 1 is 0.941 bits per heavy atom. The van der Waals surface area contributed by atoms with Gasteiger partial charge in [-0.25, -0.2) is 0 Å². The molecule has 0 aliphatic heterocycles. The van der Waals surface area contributed by atoms with Gasteiger partial charge in [0.05, 0.1) is 5.60 Å². The molecule has 0 unspecified atom stereocenters. The smallest absolute Gasteiger partial charge is 0.445 e. The van der Waals surface area contributed by atoms with Crippen LogP contribution in [0.25, 0.3) is 0 Å². The number of benzene rings is 1. The van der Waals surface area contributed by atoms with Crippen molar-refractivity contribution in [1.82, 2.24) is 0 Å². The summed E-state index contributed by atoms with van der Waals surface area (Å²) >= 11 is 0. The van der Waals surface area contributed by atoms with Crippen LogP contribution in [-0.4, -0.2) is 12.1 Å². The highest BCUT2D eigenvalue weighted by molar-refractivity contribution is 6.73. The van der Waals surface area contributed by atoms with E-state index in [0.29, 0.717) is 18.4 Å². The van der Waals surface area contributed by atoms with Crippen molar-refractivity contribution in [2.75, 3.05) is 0 Å². The first-order chi connectivity index (χ1) is 7.92. The van der Waals surface area contributed by atoms with Crippen LogP contribution >= 0.6 is 0 Å². The van der Waals surface area contributed by atoms with Crippen molar-refractivity contribution in [1.29, 1.82) is 0 Å². The normalized spacial score (nSPS) is 20.2. The molecule has 0 aromatic heterocycles. The van der Waals surface area contributed by atoms with Gasteiger partial charge in [0.1, 0.15) is 0 Å². The van der Waals surface area contributed by atoms with E-state index in [1.54, 1.807) is 0 Å². The van der Waals surface area contributed by atoms with E-state index in [9.17, 15) is 18.1 Å². The lowest BCUT2D eigenvalue weighted by atomic mass is 9.76. The highest BCUT2D eigenvalue weighted by atomic mass is 19.4. The maximum atomic E-state index is 12.5. The van der Waals surface area contributed by atoms with Gasteiger partial charge < -0.3 is 18.1 Å². The van der Waals surface area contributed by atoms with Gasteiger partial charge in [-0.2, -0.15) is 0 Å². The first kappa shape index (κ1) is 12.5. The van der Waals surface area contributed by atoms with E-state index >= 15 is 0 Å². The van der Waals surface area contributed by atoms with Gasteiger partial charge in [0, 0.05) is 0 Å². The second-order valence-corrected chi connectivity index (χ2v) is 4.79. The van der Waals surface area contributed by atoms with Crippen molar-refractivity contribution in [3.05, 3.63) is 29.8 Å². The Morgan fingerprint density at radius 3 is 1.94 bits per heavy atom. The van der Waals surface area contributed by atoms with Gasteiger partial charge in [0.2, 0.25) is 0 Å². The fourth-order valence-electron chi connectivity index (χ4n) is 2.44. The Bertz CT molecular complexity index is 380. The van der Waals surface area contributed by atoms with Crippen LogP contribution in [0.2, 0.25) is 0 Å². The number of rotatable bonds is 2. The summed E-state index contributed by atoms with van der Waals surface area (Å²) in [5, 5.41) is 10.4. The highest BCUT2D eigenvalue weighted by Gasteiger charge is 2.32. The Morgan fingerprint density at radius 2 is 1.47 bits per heavy atom. The average molecular weight is 243 g/mol. The lowest BCUT2D eigenvalue weighted by Crippen LogP contribution is -2.35. The molecule has 0 amide bonds. The molecule has 5 heteroatoms. The van der Waals surface area contributed by atoms with Gasteiger partial charge in [-0.15, -0.1) is 5.46 Å². The van der Waals surface area contributed by atoms with Crippen molar-refractivity contribution in [2.24, 2.45) is 0 Å². The van der Waals surface area contributed by atoms with E-state index in [0.717, 1.165) is 31.4 Å². The molecule has 0 heterocycles. The average Bonchev–Trinajstić information content (AvgIpc) is 2.29. The maximum absolute atomic E-state index is 12.5. The Hall–Kier alpha value is -0.965. The van der Waals surface area contributed by atoms with Crippen LogP contribution < -0.4 is 5.46 Å². The monoisotopic (exact) mass is 243 g/mol. The quantitative estimate of drug-likeness (QED) is 0.792. The van der Waals surface area contributed by atoms with Crippen LogP contribution in [0.5, 0.6) is 0 Å². The molecule has 0 radical (unpaired) electrons. The van der Waals surface area contributed by atoms with Gasteiger partial charge >= 0.3 is 6.98 Å². The van der Waals surface area contributed by atoms with Crippen LogP contribution in [-0.2, 0) is 5.60 Å². The summed E-state index contributed by atoms with van der Waals surface area (Å²) in [4.78, 5) is 0. The van der Waals surface area contributed by atoms with E-state index < -0.39 is 18.0 Å². The van der Waals surface area contributed by atoms with Crippen LogP contribution in [0.1, 0.15) is 37.7 Å². The van der Waals surface area contributed by atoms with Crippen molar-refractivity contribution in [3.63, 3.8) is 0 Å². The molecule has 0 atom stereocenters. The third kappa shape index (κ3) is 2.65. The lowest BCUT2D eigenvalue weighted by Gasteiger charge is -2.33. The molecule has 1 aromatic carbocycles. The third-order valence-electron chi connectivity index (χ3n) is 3.51. The predicted molar refractivity (Wildman–Crippen MR) is 62.1 cm³/mol. The molecule has 0 spiro atoms. The first-order valence-corrected chi connectivity index (χ1v) is 5.95. The van der Waals surface area contributed by atoms with E-state index in [1.807, 2.05) is 0 Å². The number of hydrogen-bond donors (Lipinski definition) is 1. The minimum atomic E-state index is -4.94. The van der Waals surface area contributed by atoms with E-state index in [-0.39, 0.29) is 0 Å². The molecular formula is C12H15BF3O-. The fraction of sp³-hybridized carbons (Fsp3) is 0.500. The summed E-state index contributed by atoms with van der Waals surface area (Å²) in [6.07, 6.45) is 4.24. The zero-order chi connectivity index (χ0) is 12.5. The molecule has 2 rings (SSSR count). The maximum Gasteiger partial charge on any atom is 0.509 e. The van der Waals surface area contributed by atoms with E-state index in [2.05, 4.69) is 0 Å². The van der Waals surface area contributed by atoms with Crippen LogP contribution in [0.15, 0.2) is 24.3 Å². The first-order valence-electron chi connectivity index (χ1n) is 5.95. The zero-order valence-electron chi connectivity index (χ0n) is 9.50. The molecule has 1 aliphatic rings. The molecule has 1 saturated carbocycles. The molecule has 1 nitrogen and oxygen atoms in total. The summed E-state index contributed by atoms with van der Waals surface area (Å²) in [5.41, 5.74) is -0.913. The standard InChI is InChI=1S/C12H15BF3O/c14-13(15,16)11-6-4-10(5-7-11)12(17)8-2-1-3-9-12/h4-7,17H,1-3,8-9H2/q-1. The number of halogens is 3. The topological polar surface area (TPSA) is 20.2 Å². The predicted octanol–water partition coefficient (Wildman–Crippen LogP) is 2.89. The number of hydrogen-bond acceptors (Lipinski definition) is 1. The lowest BCUT2D eigenvalue weighted by molar-refractivity contribution is -0.000614. The SMILES string of the molecule is OC1(c2ccc([B-](F)(F)F)cc2)CCCCC1. The minimum Gasteiger partial charge on any atom is -0.445 e. The summed E-state index contributed by atoms with van der Waals surface area (Å²) in [7, 11) is 0. The molecule has 17 heavy (non-hydrogen) atoms. The second kappa shape index (κ2) is 4.37. The Labute approximate surface area is 98.7 Å². The molecule has 1 aromatic rings. The summed E-state index contributed by atoms with van der Waals surface area (Å²) < 4.78 is 37.4. The zero-order valence-corrected chi connectivity index (χ0v) is 9.50. The molecule has 0 saturated heterocycles. The molecule has 1 N–H and O–H groups in total. The van der Waals surface area contributed by atoms with Gasteiger partial charge in [-0.1, -0.05) is 43.5 Å². The van der Waals surface area contributed by atoms with Gasteiger partial charge in [-0.05, 0) is 18.4 Å². The van der Waals surface area contributed by atoms with Gasteiger partial charge in [-0.3, -0.25) is 0 Å². The van der Waals surface area contributed by atoms with Crippen LogP contribution in [0.4, 0.5) is 12.9 Å². The van der Waals surface area contributed by atoms with Crippen molar-refractivity contribution < 1.29 is 18.1 Å². The van der Waals surface area contributed by atoms with Crippen molar-refractivity contribution >= 4 is 12.4 Å². The molecule has 1 fully saturated rings. The number of aliphatic hydroxyl groups is 1. The molecule has 1 aliphatic carbocycles. The van der Waals surface area contributed by atoms with Gasteiger partial charge in [0.15, 0.2) is 0 Å². The Kier molecular flexibility index (Phi) is 3.21. The molecule has 94 valence electrons. The van der Waals surface area contributed by atoms with Crippen molar-refractivity contribution in [3.8, 4) is 0 Å². The largest absolute Gasteiger partial charge is 0.509 e. The fourth-order valence-corrected chi connectivity index (χ4v) is 2.44. The highest BCUT2D eigenvalue weighted by Crippen LogP contribution is 2.36. The van der Waals surface area contributed by atoms with Crippen LogP contribution in [0.3, 0.4) is 0 Å². The van der Waals surface area contributed by atoms with E-state index in [1.165, 1.54) is 12.1 Å². The summed E-state index contributed by atoms with van der Waals surface area (Å²) in [6, 6.07) is 4.97. The summed E-state index contributed by atoms with van der Waals surface area (Å²) in [5.74, 6) is 0. The molecular weight excluding hydrogens is 228 g/mol. The molecule has 0 bridgehead atoms. The minimum absolute atomic E-state index is 0.604.